The van der Waals surface area contributed by atoms with Gasteiger partial charge in [0.25, 0.3) is 11.6 Å². The predicted octanol–water partition coefficient (Wildman–Crippen LogP) is 3.31. The fourth-order valence-electron chi connectivity index (χ4n) is 3.41. The average Bonchev–Trinajstić information content (AvgIpc) is 3.30. The molecular formula is C19H17F3N4O2. The molecule has 0 bridgehead atoms. The van der Waals surface area contributed by atoms with Crippen LogP contribution >= 0.6 is 0 Å². The van der Waals surface area contributed by atoms with Gasteiger partial charge in [0.15, 0.2) is 0 Å². The van der Waals surface area contributed by atoms with Crippen LogP contribution in [-0.2, 0) is 6.18 Å². The molecule has 0 spiro atoms. The van der Waals surface area contributed by atoms with Crippen molar-refractivity contribution in [2.75, 3.05) is 13.1 Å². The normalized spacial score (nSPS) is 17.2. The van der Waals surface area contributed by atoms with Crippen molar-refractivity contribution in [1.82, 2.24) is 20.8 Å². The number of pyridine rings is 1. The molecule has 0 saturated carbocycles. The molecule has 1 unspecified atom stereocenters. The Bertz CT molecular complexity index is 1040. The number of nitrogens with zero attached hydrogens (tertiary/aromatic N) is 2. The minimum absolute atomic E-state index is 0.00581. The minimum atomic E-state index is -4.55. The highest BCUT2D eigenvalue weighted by Gasteiger charge is 2.34. The molecule has 9 heteroatoms. The monoisotopic (exact) mass is 390 g/mol. The molecule has 2 aromatic heterocycles. The summed E-state index contributed by atoms with van der Waals surface area (Å²) in [6.07, 6.45) is -3.77. The zero-order chi connectivity index (χ0) is 19.9. The Morgan fingerprint density at radius 2 is 2.11 bits per heavy atom. The fourth-order valence-corrected chi connectivity index (χ4v) is 3.41. The molecule has 2 N–H and O–H groups in total. The maximum Gasteiger partial charge on any atom is 0.417 e. The highest BCUT2D eigenvalue weighted by Crippen LogP contribution is 2.37. The van der Waals surface area contributed by atoms with Crippen LogP contribution in [0.1, 0.15) is 28.0 Å². The van der Waals surface area contributed by atoms with Gasteiger partial charge in [0.05, 0.1) is 27.9 Å². The molecule has 3 aromatic rings. The van der Waals surface area contributed by atoms with E-state index < -0.39 is 17.6 Å². The summed E-state index contributed by atoms with van der Waals surface area (Å²) in [4.78, 5) is 17.1. The number of aryl methyl sites for hydroxylation is 1. The lowest BCUT2D eigenvalue weighted by molar-refractivity contribution is -0.137. The summed E-state index contributed by atoms with van der Waals surface area (Å²) < 4.78 is 45.5. The second kappa shape index (κ2) is 6.90. The van der Waals surface area contributed by atoms with Crippen LogP contribution in [0, 0.1) is 6.92 Å². The quantitative estimate of drug-likeness (QED) is 0.717. The van der Waals surface area contributed by atoms with Gasteiger partial charge in [-0.3, -0.25) is 4.79 Å². The topological polar surface area (TPSA) is 80.0 Å². The number of aromatic nitrogens is 2. The van der Waals surface area contributed by atoms with Gasteiger partial charge in [-0.1, -0.05) is 23.4 Å². The highest BCUT2D eigenvalue weighted by atomic mass is 19.4. The first-order valence-electron chi connectivity index (χ1n) is 8.80. The number of alkyl halides is 3. The van der Waals surface area contributed by atoms with Crippen LogP contribution in [0.15, 0.2) is 34.9 Å². The molecule has 3 heterocycles. The van der Waals surface area contributed by atoms with Gasteiger partial charge < -0.3 is 15.2 Å². The van der Waals surface area contributed by atoms with Crippen LogP contribution in [0.25, 0.3) is 22.4 Å². The maximum atomic E-state index is 13.4. The summed E-state index contributed by atoms with van der Waals surface area (Å²) >= 11 is 0. The molecule has 1 aromatic carbocycles. The summed E-state index contributed by atoms with van der Waals surface area (Å²) in [6.45, 7) is 3.10. The van der Waals surface area contributed by atoms with Gasteiger partial charge in [0.1, 0.15) is 0 Å². The van der Waals surface area contributed by atoms with E-state index in [2.05, 4.69) is 20.8 Å². The molecule has 1 saturated heterocycles. The lowest BCUT2D eigenvalue weighted by Crippen LogP contribution is -2.36. The third kappa shape index (κ3) is 3.33. The number of hydrogen-bond acceptors (Lipinski definition) is 5. The number of amides is 1. The van der Waals surface area contributed by atoms with Crippen LogP contribution in [-0.4, -0.2) is 35.2 Å². The maximum absolute atomic E-state index is 13.4. The zero-order valence-corrected chi connectivity index (χ0v) is 14.9. The Morgan fingerprint density at radius 1 is 1.32 bits per heavy atom. The summed E-state index contributed by atoms with van der Waals surface area (Å²) in [5, 5.41) is 10.3. The summed E-state index contributed by atoms with van der Waals surface area (Å²) in [6, 6.07) is 6.44. The van der Waals surface area contributed by atoms with Crippen molar-refractivity contribution < 1.29 is 22.5 Å². The van der Waals surface area contributed by atoms with E-state index in [1.165, 1.54) is 24.3 Å². The number of halogens is 3. The van der Waals surface area contributed by atoms with Gasteiger partial charge in [0.2, 0.25) is 0 Å². The van der Waals surface area contributed by atoms with E-state index in [4.69, 9.17) is 4.52 Å². The molecule has 28 heavy (non-hydrogen) atoms. The SMILES string of the molecule is Cc1noc2nc(-c3ccccc3C(F)(F)F)cc(C(=O)NC3CCNC3)c12. The number of rotatable bonds is 3. The third-order valence-electron chi connectivity index (χ3n) is 4.77. The Labute approximate surface area is 158 Å². The molecule has 4 rings (SSSR count). The van der Waals surface area contributed by atoms with E-state index >= 15 is 0 Å². The van der Waals surface area contributed by atoms with E-state index in [-0.39, 0.29) is 28.6 Å². The van der Waals surface area contributed by atoms with Gasteiger partial charge in [0, 0.05) is 18.2 Å². The highest BCUT2D eigenvalue weighted by molar-refractivity contribution is 6.07. The smallest absolute Gasteiger partial charge is 0.348 e. The Kier molecular flexibility index (Phi) is 4.54. The Balaban J connectivity index is 1.85. The van der Waals surface area contributed by atoms with Gasteiger partial charge in [-0.15, -0.1) is 0 Å². The number of carbonyl (C=O) groups is 1. The largest absolute Gasteiger partial charge is 0.417 e. The molecule has 1 amide bonds. The molecule has 1 aliphatic heterocycles. The van der Waals surface area contributed by atoms with Crippen LogP contribution in [0.4, 0.5) is 13.2 Å². The molecule has 1 atom stereocenters. The number of hydrogen-bond donors (Lipinski definition) is 2. The first-order valence-corrected chi connectivity index (χ1v) is 8.80. The zero-order valence-electron chi connectivity index (χ0n) is 14.9. The van der Waals surface area contributed by atoms with Crippen LogP contribution < -0.4 is 10.6 Å². The van der Waals surface area contributed by atoms with Gasteiger partial charge >= 0.3 is 6.18 Å². The number of fused-ring (bicyclic) bond motifs is 1. The van der Waals surface area contributed by atoms with Gasteiger partial charge in [-0.05, 0) is 32.0 Å². The average molecular weight is 390 g/mol. The third-order valence-corrected chi connectivity index (χ3v) is 4.77. The molecule has 146 valence electrons. The summed E-state index contributed by atoms with van der Waals surface area (Å²) in [5.74, 6) is -0.391. The minimum Gasteiger partial charge on any atom is -0.348 e. The van der Waals surface area contributed by atoms with Crippen molar-refractivity contribution in [1.29, 1.82) is 0 Å². The van der Waals surface area contributed by atoms with E-state index in [1.807, 2.05) is 0 Å². The molecular weight excluding hydrogens is 373 g/mol. The molecule has 1 fully saturated rings. The van der Waals surface area contributed by atoms with Crippen LogP contribution in [0.2, 0.25) is 0 Å². The standard InChI is InChI=1S/C19H17F3N4O2/c1-10-16-13(17(27)24-11-6-7-23-9-11)8-15(25-18(16)28-26-10)12-4-2-3-5-14(12)19(20,21)22/h2-5,8,11,23H,6-7,9H2,1H3,(H,24,27). The van der Waals surface area contributed by atoms with Crippen molar-refractivity contribution in [3.8, 4) is 11.3 Å². The van der Waals surface area contributed by atoms with Crippen LogP contribution in [0.5, 0.6) is 0 Å². The fraction of sp³-hybridized carbons (Fsp3) is 0.316. The van der Waals surface area contributed by atoms with Crippen LogP contribution in [0.3, 0.4) is 0 Å². The number of carbonyl (C=O) groups excluding carboxylic acids is 1. The predicted molar refractivity (Wildman–Crippen MR) is 95.7 cm³/mol. The van der Waals surface area contributed by atoms with Crippen molar-refractivity contribution >= 4 is 17.0 Å². The van der Waals surface area contributed by atoms with E-state index in [9.17, 15) is 18.0 Å². The second-order valence-corrected chi connectivity index (χ2v) is 6.71. The van der Waals surface area contributed by atoms with Gasteiger partial charge in [-0.25, -0.2) is 4.98 Å². The summed E-state index contributed by atoms with van der Waals surface area (Å²) in [7, 11) is 0. The first-order chi connectivity index (χ1) is 13.3. The molecule has 6 nitrogen and oxygen atoms in total. The van der Waals surface area contributed by atoms with Gasteiger partial charge in [-0.2, -0.15) is 13.2 Å². The molecule has 1 aliphatic rings. The Hall–Kier alpha value is -2.94. The molecule has 0 radical (unpaired) electrons. The van der Waals surface area contributed by atoms with Crippen molar-refractivity contribution in [3.63, 3.8) is 0 Å². The summed E-state index contributed by atoms with van der Waals surface area (Å²) in [5.41, 5.74) is -0.268. The second-order valence-electron chi connectivity index (χ2n) is 6.71. The van der Waals surface area contributed by atoms with Crippen molar-refractivity contribution in [2.24, 2.45) is 0 Å². The van der Waals surface area contributed by atoms with Crippen molar-refractivity contribution in [2.45, 2.75) is 25.6 Å². The number of nitrogens with one attached hydrogen (secondary N) is 2. The van der Waals surface area contributed by atoms with E-state index in [0.29, 0.717) is 17.6 Å². The van der Waals surface area contributed by atoms with E-state index in [1.54, 1.807) is 6.92 Å². The Morgan fingerprint density at radius 3 is 2.82 bits per heavy atom. The molecule has 0 aliphatic carbocycles. The van der Waals surface area contributed by atoms with Crippen molar-refractivity contribution in [3.05, 3.63) is 47.2 Å². The number of benzene rings is 1. The van der Waals surface area contributed by atoms with E-state index in [0.717, 1.165) is 19.0 Å². The lowest BCUT2D eigenvalue weighted by atomic mass is 10.0. The lowest BCUT2D eigenvalue weighted by Gasteiger charge is -2.14. The first kappa shape index (κ1) is 18.4.